The lowest BCUT2D eigenvalue weighted by Crippen LogP contribution is -2.52. The molecule has 2 saturated heterocycles. The van der Waals surface area contributed by atoms with E-state index in [0.29, 0.717) is 12.5 Å². The molecule has 1 atom stereocenters. The molecular formula is C18H37Cl2N3O3. The van der Waals surface area contributed by atoms with Gasteiger partial charge in [-0.3, -0.25) is 4.79 Å². The van der Waals surface area contributed by atoms with Crippen LogP contribution in [0.2, 0.25) is 0 Å². The van der Waals surface area contributed by atoms with Crippen LogP contribution in [0.25, 0.3) is 0 Å². The molecule has 26 heavy (non-hydrogen) atoms. The molecule has 0 spiro atoms. The number of hydrogen-bond acceptors (Lipinski definition) is 5. The third-order valence-electron chi connectivity index (χ3n) is 5.54. The fourth-order valence-corrected chi connectivity index (χ4v) is 4.20. The number of nitrogens with zero attached hydrogens (tertiary/aromatic N) is 2. The fraction of sp³-hybridized carbons (Fsp3) is 0.944. The average Bonchev–Trinajstić information content (AvgIpc) is 2.56. The quantitative estimate of drug-likeness (QED) is 0.660. The van der Waals surface area contributed by atoms with Gasteiger partial charge in [0, 0.05) is 27.2 Å². The van der Waals surface area contributed by atoms with Gasteiger partial charge in [0.2, 0.25) is 5.91 Å². The summed E-state index contributed by atoms with van der Waals surface area (Å²) in [5.74, 6) is 0.808. The number of ether oxygens (including phenoxy) is 1. The lowest BCUT2D eigenvalue weighted by molar-refractivity contribution is -0.147. The number of aliphatic hydroxyl groups excluding tert-OH is 1. The number of carbonyl (C=O) groups excluding carboxylic acids is 1. The number of nitrogens with one attached hydrogen (secondary N) is 1. The maximum absolute atomic E-state index is 13.1. The van der Waals surface area contributed by atoms with Crippen molar-refractivity contribution in [3.63, 3.8) is 0 Å². The Labute approximate surface area is 170 Å². The third kappa shape index (κ3) is 7.13. The zero-order chi connectivity index (χ0) is 17.6. The van der Waals surface area contributed by atoms with E-state index in [2.05, 4.69) is 10.2 Å². The Balaban J connectivity index is 0.00000312. The molecule has 2 rings (SSSR count). The smallest absolute Gasteiger partial charge is 0.230 e. The highest BCUT2D eigenvalue weighted by molar-refractivity contribution is 5.85. The highest BCUT2D eigenvalue weighted by Crippen LogP contribution is 2.32. The van der Waals surface area contributed by atoms with Crippen molar-refractivity contribution >= 4 is 30.7 Å². The molecule has 1 amide bonds. The number of methoxy groups -OCH3 is 1. The summed E-state index contributed by atoms with van der Waals surface area (Å²) in [6.07, 6.45) is 3.65. The SMILES string of the molecule is COCC1(C(=O)N(C)CC2CCN(CC(C)O)CC2)CCNCC1.Cl.Cl. The number of likely N-dealkylation sites (tertiary alicyclic amines) is 1. The van der Waals surface area contributed by atoms with E-state index in [1.165, 1.54) is 0 Å². The predicted molar refractivity (Wildman–Crippen MR) is 109 cm³/mol. The standard InChI is InChI=1S/C18H35N3O3.2ClH/c1-15(22)12-21-10-4-16(5-11-21)13-20(2)17(23)18(14-24-3)6-8-19-9-7-18;;/h15-16,19,22H,4-14H2,1-3H3;2*1H. The van der Waals surface area contributed by atoms with Crippen molar-refractivity contribution in [3.8, 4) is 0 Å². The molecule has 2 aliphatic rings. The maximum atomic E-state index is 13.1. The van der Waals surface area contributed by atoms with E-state index in [1.54, 1.807) is 7.11 Å². The Kier molecular flexibility index (Phi) is 12.3. The molecule has 0 bridgehead atoms. The van der Waals surface area contributed by atoms with Crippen molar-refractivity contribution in [1.29, 1.82) is 0 Å². The first-order valence-electron chi connectivity index (χ1n) is 9.32. The molecule has 0 aromatic carbocycles. The van der Waals surface area contributed by atoms with Gasteiger partial charge in [0.05, 0.1) is 18.1 Å². The predicted octanol–water partition coefficient (Wildman–Crippen LogP) is 1.40. The first kappa shape index (κ1) is 25.9. The van der Waals surface area contributed by atoms with Crippen LogP contribution in [0.1, 0.15) is 32.6 Å². The van der Waals surface area contributed by atoms with Gasteiger partial charge in [-0.2, -0.15) is 0 Å². The molecule has 1 unspecified atom stereocenters. The van der Waals surface area contributed by atoms with E-state index in [4.69, 9.17) is 4.74 Å². The van der Waals surface area contributed by atoms with Crippen LogP contribution in [0, 0.1) is 11.3 Å². The zero-order valence-electron chi connectivity index (χ0n) is 16.4. The van der Waals surface area contributed by atoms with E-state index in [1.807, 2.05) is 18.9 Å². The molecule has 0 aliphatic carbocycles. The van der Waals surface area contributed by atoms with E-state index >= 15 is 0 Å². The van der Waals surface area contributed by atoms with Crippen LogP contribution in [-0.2, 0) is 9.53 Å². The monoisotopic (exact) mass is 413 g/mol. The summed E-state index contributed by atoms with van der Waals surface area (Å²) in [6.45, 7) is 7.76. The summed E-state index contributed by atoms with van der Waals surface area (Å²) in [5, 5.41) is 12.8. The molecule has 0 radical (unpaired) electrons. The molecule has 156 valence electrons. The molecule has 0 aromatic rings. The molecule has 2 aliphatic heterocycles. The van der Waals surface area contributed by atoms with Gasteiger partial charge in [-0.1, -0.05) is 0 Å². The minimum atomic E-state index is -0.345. The number of amides is 1. The normalized spacial score (nSPS) is 22.0. The topological polar surface area (TPSA) is 65.0 Å². The number of β-amino-alcohol motifs (C(OH)–C–C–N with tert-alkyl or cyclic N) is 1. The van der Waals surface area contributed by atoms with Crippen LogP contribution in [-0.4, -0.2) is 87.0 Å². The molecule has 0 saturated carbocycles. The lowest BCUT2D eigenvalue weighted by atomic mass is 9.78. The van der Waals surface area contributed by atoms with Gasteiger partial charge in [-0.25, -0.2) is 0 Å². The lowest BCUT2D eigenvalue weighted by Gasteiger charge is -2.40. The Morgan fingerprint density at radius 1 is 1.31 bits per heavy atom. The van der Waals surface area contributed by atoms with E-state index in [0.717, 1.165) is 65.0 Å². The van der Waals surface area contributed by atoms with Crippen molar-refractivity contribution in [2.45, 2.75) is 38.7 Å². The highest BCUT2D eigenvalue weighted by atomic mass is 35.5. The van der Waals surface area contributed by atoms with Crippen LogP contribution in [0.5, 0.6) is 0 Å². The Hall–Kier alpha value is -0.110. The number of hydrogen-bond donors (Lipinski definition) is 2. The molecule has 2 fully saturated rings. The maximum Gasteiger partial charge on any atom is 0.230 e. The van der Waals surface area contributed by atoms with Crippen LogP contribution in [0.3, 0.4) is 0 Å². The van der Waals surface area contributed by atoms with E-state index < -0.39 is 0 Å². The van der Waals surface area contributed by atoms with Crippen LogP contribution >= 0.6 is 24.8 Å². The molecule has 6 nitrogen and oxygen atoms in total. The number of carbonyl (C=O) groups is 1. The highest BCUT2D eigenvalue weighted by Gasteiger charge is 2.41. The minimum absolute atomic E-state index is 0. The molecule has 8 heteroatoms. The summed E-state index contributed by atoms with van der Waals surface area (Å²) in [6, 6.07) is 0. The first-order valence-corrected chi connectivity index (χ1v) is 9.32. The Bertz CT molecular complexity index is 394. The van der Waals surface area contributed by atoms with Crippen molar-refractivity contribution in [2.75, 3.05) is 60.0 Å². The summed E-state index contributed by atoms with van der Waals surface area (Å²) >= 11 is 0. The summed E-state index contributed by atoms with van der Waals surface area (Å²) in [7, 11) is 3.64. The second-order valence-electron chi connectivity index (χ2n) is 7.74. The number of rotatable bonds is 7. The Morgan fingerprint density at radius 2 is 1.88 bits per heavy atom. The third-order valence-corrected chi connectivity index (χ3v) is 5.54. The van der Waals surface area contributed by atoms with Gasteiger partial charge in [-0.15, -0.1) is 24.8 Å². The fourth-order valence-electron chi connectivity index (χ4n) is 4.20. The summed E-state index contributed by atoms with van der Waals surface area (Å²) in [5.41, 5.74) is -0.345. The molecular weight excluding hydrogens is 377 g/mol. The number of halogens is 2. The minimum Gasteiger partial charge on any atom is -0.392 e. The van der Waals surface area contributed by atoms with E-state index in [9.17, 15) is 9.90 Å². The molecule has 2 N–H and O–H groups in total. The van der Waals surface area contributed by atoms with Gasteiger partial charge in [0.25, 0.3) is 0 Å². The summed E-state index contributed by atoms with van der Waals surface area (Å²) < 4.78 is 5.39. The van der Waals surface area contributed by atoms with Crippen LogP contribution in [0.15, 0.2) is 0 Å². The average molecular weight is 414 g/mol. The zero-order valence-corrected chi connectivity index (χ0v) is 18.0. The number of aliphatic hydroxyl groups is 1. The number of piperidine rings is 2. The van der Waals surface area contributed by atoms with Crippen molar-refractivity contribution in [3.05, 3.63) is 0 Å². The summed E-state index contributed by atoms with van der Waals surface area (Å²) in [4.78, 5) is 17.3. The molecule has 0 aromatic heterocycles. The van der Waals surface area contributed by atoms with Crippen LogP contribution < -0.4 is 5.32 Å². The largest absolute Gasteiger partial charge is 0.392 e. The van der Waals surface area contributed by atoms with Gasteiger partial charge < -0.3 is 25.0 Å². The first-order chi connectivity index (χ1) is 11.5. The molecule has 2 heterocycles. The van der Waals surface area contributed by atoms with Crippen LogP contribution in [0.4, 0.5) is 0 Å². The van der Waals surface area contributed by atoms with Gasteiger partial charge in [-0.05, 0) is 64.7 Å². The van der Waals surface area contributed by atoms with Crippen molar-refractivity contribution in [1.82, 2.24) is 15.1 Å². The van der Waals surface area contributed by atoms with Gasteiger partial charge >= 0.3 is 0 Å². The van der Waals surface area contributed by atoms with Gasteiger partial charge in [0.1, 0.15) is 0 Å². The second-order valence-corrected chi connectivity index (χ2v) is 7.74. The van der Waals surface area contributed by atoms with Gasteiger partial charge in [0.15, 0.2) is 0 Å². The second kappa shape index (κ2) is 12.4. The van der Waals surface area contributed by atoms with E-state index in [-0.39, 0.29) is 42.2 Å². The van der Waals surface area contributed by atoms with Crippen molar-refractivity contribution in [2.24, 2.45) is 11.3 Å². The van der Waals surface area contributed by atoms with Crippen molar-refractivity contribution < 1.29 is 14.6 Å². The Morgan fingerprint density at radius 3 is 2.38 bits per heavy atom.